The molecule has 9 heteroatoms. The smallest absolute Gasteiger partial charge is 0.266 e. The fourth-order valence-corrected chi connectivity index (χ4v) is 4.83. The number of thiophene rings is 1. The Morgan fingerprint density at radius 1 is 1.05 bits per heavy atom. The summed E-state index contributed by atoms with van der Waals surface area (Å²) in [5, 5.41) is 16.9. The molecule has 2 heterocycles. The number of para-hydroxylation sites is 1. The van der Waals surface area contributed by atoms with Crippen molar-refractivity contribution >= 4 is 46.0 Å². The maximum absolute atomic E-state index is 13.1. The van der Waals surface area contributed by atoms with E-state index in [-0.39, 0.29) is 5.91 Å². The first kappa shape index (κ1) is 27.4. The van der Waals surface area contributed by atoms with Crippen LogP contribution >= 0.6 is 11.3 Å². The molecular formula is C29H34N4O4S. The average Bonchev–Trinajstić information content (AvgIpc) is 3.55. The molecule has 200 valence electrons. The third kappa shape index (κ3) is 7.00. The highest BCUT2D eigenvalue weighted by molar-refractivity contribution is 7.12. The number of nitrogens with zero attached hydrogens (tertiary/aromatic N) is 1. The number of anilines is 1. The average molecular weight is 535 g/mol. The number of H-pyrrole nitrogens is 1. The second kappa shape index (κ2) is 13.8. The monoisotopic (exact) mass is 534 g/mol. The number of aromatic amines is 1. The number of methoxy groups -OCH3 is 2. The summed E-state index contributed by atoms with van der Waals surface area (Å²) in [6.45, 7) is 4.94. The maximum atomic E-state index is 13.1. The van der Waals surface area contributed by atoms with Crippen molar-refractivity contribution in [2.24, 2.45) is 0 Å². The van der Waals surface area contributed by atoms with Crippen molar-refractivity contribution in [1.29, 1.82) is 0 Å². The number of carbonyl (C=O) groups excluding carboxylic acids is 1. The lowest BCUT2D eigenvalue weighted by molar-refractivity contribution is 0.103. The predicted octanol–water partition coefficient (Wildman–Crippen LogP) is 5.76. The Bertz CT molecular complexity index is 1380. The van der Waals surface area contributed by atoms with Crippen LogP contribution in [0.15, 0.2) is 47.8 Å². The summed E-state index contributed by atoms with van der Waals surface area (Å²) in [6.07, 6.45) is 5.66. The second-order valence-corrected chi connectivity index (χ2v) is 9.68. The van der Waals surface area contributed by atoms with Crippen LogP contribution in [0.3, 0.4) is 0 Å². The van der Waals surface area contributed by atoms with Gasteiger partial charge in [0.15, 0.2) is 11.5 Å². The molecule has 0 saturated heterocycles. The minimum absolute atomic E-state index is 0.159. The fraction of sp³-hybridized carbons (Fsp3) is 0.310. The van der Waals surface area contributed by atoms with E-state index in [1.807, 2.05) is 66.9 Å². The van der Waals surface area contributed by atoms with Gasteiger partial charge in [-0.15, -0.1) is 11.3 Å². The standard InChI is InChI=1S/C29H34N4O4S/c1-20-12-17-38-28(20)29(34)31-25-19-27(37-16-7-14-30-13-6-15-35-2)26(36-3)18-21(25)10-11-24-22-8-4-5-9-23(22)32-33-24/h4-5,8-12,17-19,30H,6-7,13-16H2,1-3H3,(H,31,34)(H,32,33). The topological polar surface area (TPSA) is 97.5 Å². The first-order valence-electron chi connectivity index (χ1n) is 12.6. The van der Waals surface area contributed by atoms with Crippen LogP contribution in [0, 0.1) is 6.92 Å². The van der Waals surface area contributed by atoms with Gasteiger partial charge in [-0.25, -0.2) is 0 Å². The number of hydrogen-bond donors (Lipinski definition) is 3. The Hall–Kier alpha value is -3.66. The number of rotatable bonds is 14. The maximum Gasteiger partial charge on any atom is 0.266 e. The van der Waals surface area contributed by atoms with Gasteiger partial charge in [0.25, 0.3) is 5.91 Å². The minimum Gasteiger partial charge on any atom is -0.493 e. The van der Waals surface area contributed by atoms with Gasteiger partial charge in [0.1, 0.15) is 0 Å². The molecule has 0 aliphatic carbocycles. The van der Waals surface area contributed by atoms with Crippen LogP contribution in [0.1, 0.15) is 39.3 Å². The summed E-state index contributed by atoms with van der Waals surface area (Å²) in [6, 6.07) is 13.6. The minimum atomic E-state index is -0.159. The van der Waals surface area contributed by atoms with E-state index in [0.29, 0.717) is 28.7 Å². The van der Waals surface area contributed by atoms with Crippen molar-refractivity contribution in [2.45, 2.75) is 19.8 Å². The van der Waals surface area contributed by atoms with Gasteiger partial charge in [-0.2, -0.15) is 5.10 Å². The Labute approximate surface area is 227 Å². The number of aromatic nitrogens is 2. The van der Waals surface area contributed by atoms with Gasteiger partial charge >= 0.3 is 0 Å². The fourth-order valence-electron chi connectivity index (χ4n) is 4.00. The molecule has 0 bridgehead atoms. The summed E-state index contributed by atoms with van der Waals surface area (Å²) in [5.74, 6) is 1.01. The molecule has 1 amide bonds. The predicted molar refractivity (Wildman–Crippen MR) is 154 cm³/mol. The molecule has 0 saturated carbocycles. The number of amides is 1. The van der Waals surface area contributed by atoms with Crippen LogP contribution in [0.5, 0.6) is 11.5 Å². The number of nitrogens with one attached hydrogen (secondary N) is 3. The van der Waals surface area contributed by atoms with Gasteiger partial charge < -0.3 is 24.8 Å². The quantitative estimate of drug-likeness (QED) is 0.178. The highest BCUT2D eigenvalue weighted by atomic mass is 32.1. The summed E-state index contributed by atoms with van der Waals surface area (Å²) in [7, 11) is 3.32. The van der Waals surface area contributed by atoms with Gasteiger partial charge in [0, 0.05) is 30.7 Å². The third-order valence-electron chi connectivity index (χ3n) is 6.03. The summed E-state index contributed by atoms with van der Waals surface area (Å²) >= 11 is 1.42. The Kier molecular flexibility index (Phi) is 9.91. The second-order valence-electron chi connectivity index (χ2n) is 8.76. The number of benzene rings is 2. The van der Waals surface area contributed by atoms with Crippen molar-refractivity contribution < 1.29 is 19.0 Å². The molecule has 8 nitrogen and oxygen atoms in total. The van der Waals surface area contributed by atoms with Gasteiger partial charge in [-0.05, 0) is 68.1 Å². The Balaban J connectivity index is 1.55. The summed E-state index contributed by atoms with van der Waals surface area (Å²) in [5.41, 5.74) is 4.12. The molecule has 2 aromatic heterocycles. The lowest BCUT2D eigenvalue weighted by Crippen LogP contribution is -2.19. The van der Waals surface area contributed by atoms with Crippen molar-refractivity contribution in [2.75, 3.05) is 45.8 Å². The van der Waals surface area contributed by atoms with Crippen molar-refractivity contribution in [1.82, 2.24) is 15.5 Å². The van der Waals surface area contributed by atoms with E-state index >= 15 is 0 Å². The molecule has 2 aromatic carbocycles. The van der Waals surface area contributed by atoms with E-state index in [1.54, 1.807) is 14.2 Å². The molecule has 0 radical (unpaired) electrons. The lowest BCUT2D eigenvalue weighted by atomic mass is 10.1. The normalized spacial score (nSPS) is 11.3. The van der Waals surface area contributed by atoms with Gasteiger partial charge in [0.2, 0.25) is 0 Å². The molecule has 0 fully saturated rings. The van der Waals surface area contributed by atoms with E-state index in [0.717, 1.165) is 60.3 Å². The summed E-state index contributed by atoms with van der Waals surface area (Å²) in [4.78, 5) is 13.8. The van der Waals surface area contributed by atoms with E-state index in [9.17, 15) is 4.79 Å². The van der Waals surface area contributed by atoms with Crippen LogP contribution in [0.25, 0.3) is 23.1 Å². The number of carbonyl (C=O) groups is 1. The summed E-state index contributed by atoms with van der Waals surface area (Å²) < 4.78 is 16.8. The number of aryl methyl sites for hydroxylation is 1. The molecule has 4 aromatic rings. The van der Waals surface area contributed by atoms with Crippen LogP contribution < -0.4 is 20.1 Å². The number of ether oxygens (including phenoxy) is 3. The van der Waals surface area contributed by atoms with Gasteiger partial charge in [-0.1, -0.05) is 24.3 Å². The van der Waals surface area contributed by atoms with Gasteiger partial charge in [-0.3, -0.25) is 9.89 Å². The van der Waals surface area contributed by atoms with E-state index in [4.69, 9.17) is 14.2 Å². The van der Waals surface area contributed by atoms with Gasteiger partial charge in [0.05, 0.1) is 35.5 Å². The lowest BCUT2D eigenvalue weighted by Gasteiger charge is -2.16. The molecule has 4 rings (SSSR count). The van der Waals surface area contributed by atoms with E-state index in [1.165, 1.54) is 11.3 Å². The van der Waals surface area contributed by atoms with Crippen LogP contribution in [0.4, 0.5) is 5.69 Å². The first-order valence-corrected chi connectivity index (χ1v) is 13.5. The van der Waals surface area contributed by atoms with E-state index < -0.39 is 0 Å². The van der Waals surface area contributed by atoms with Crippen LogP contribution in [-0.2, 0) is 4.74 Å². The molecule has 3 N–H and O–H groups in total. The van der Waals surface area contributed by atoms with Crippen LogP contribution in [-0.4, -0.2) is 56.6 Å². The highest BCUT2D eigenvalue weighted by Gasteiger charge is 2.16. The van der Waals surface area contributed by atoms with Crippen molar-refractivity contribution in [3.05, 3.63) is 69.5 Å². The van der Waals surface area contributed by atoms with Crippen LogP contribution in [0.2, 0.25) is 0 Å². The Morgan fingerprint density at radius 3 is 2.63 bits per heavy atom. The first-order chi connectivity index (χ1) is 18.6. The van der Waals surface area contributed by atoms with Crippen molar-refractivity contribution in [3.63, 3.8) is 0 Å². The third-order valence-corrected chi connectivity index (χ3v) is 7.05. The zero-order valence-electron chi connectivity index (χ0n) is 22.0. The molecule has 0 atom stereocenters. The Morgan fingerprint density at radius 2 is 1.87 bits per heavy atom. The molecule has 0 spiro atoms. The molecule has 0 aliphatic heterocycles. The molecule has 0 aliphatic rings. The molecular weight excluding hydrogens is 500 g/mol. The molecule has 38 heavy (non-hydrogen) atoms. The zero-order valence-corrected chi connectivity index (χ0v) is 22.8. The zero-order chi connectivity index (χ0) is 26.7. The number of fused-ring (bicyclic) bond motifs is 1. The SMILES string of the molecule is COCCCNCCCOc1cc(NC(=O)c2sccc2C)c(C=Cc2n[nH]c3ccccc23)cc1OC. The van der Waals surface area contributed by atoms with E-state index in [2.05, 4.69) is 20.8 Å². The molecule has 0 unspecified atom stereocenters. The largest absolute Gasteiger partial charge is 0.493 e. The van der Waals surface area contributed by atoms with Crippen molar-refractivity contribution in [3.8, 4) is 11.5 Å². The number of hydrogen-bond acceptors (Lipinski definition) is 7. The highest BCUT2D eigenvalue weighted by Crippen LogP contribution is 2.35.